The molecular weight excluding hydrogens is 288 g/mol. The fourth-order valence-corrected chi connectivity index (χ4v) is 2.53. The van der Waals surface area contributed by atoms with Crippen LogP contribution in [0.4, 0.5) is 0 Å². The van der Waals surface area contributed by atoms with Crippen LogP contribution in [0.15, 0.2) is 15.9 Å². The van der Waals surface area contributed by atoms with E-state index in [1.54, 1.807) is 18.3 Å². The predicted octanol–water partition coefficient (Wildman–Crippen LogP) is 3.07. The van der Waals surface area contributed by atoms with Gasteiger partial charge in [0.2, 0.25) is 5.91 Å². The van der Waals surface area contributed by atoms with Gasteiger partial charge in [-0.15, -0.1) is 11.3 Å². The number of nitrogens with zero attached hydrogens (tertiary/aromatic N) is 1. The molecule has 1 rings (SSSR count). The molecule has 1 amide bonds. The smallest absolute Gasteiger partial charge is 0.240 e. The highest BCUT2D eigenvalue weighted by molar-refractivity contribution is 9.10. The van der Waals surface area contributed by atoms with Crippen molar-refractivity contribution < 1.29 is 4.79 Å². The maximum Gasteiger partial charge on any atom is 0.240 e. The highest BCUT2D eigenvalue weighted by atomic mass is 79.9. The topological polar surface area (TPSA) is 52.9 Å². The molecule has 3 nitrogen and oxygen atoms in total. The number of hydrogen-bond acceptors (Lipinski definition) is 3. The Morgan fingerprint density at radius 1 is 1.75 bits per heavy atom. The number of thiophene rings is 1. The van der Waals surface area contributed by atoms with Crippen molar-refractivity contribution in [1.82, 2.24) is 5.32 Å². The van der Waals surface area contributed by atoms with E-state index in [1.807, 2.05) is 18.4 Å². The summed E-state index contributed by atoms with van der Waals surface area (Å²) in [6.45, 7) is 3.96. The minimum atomic E-state index is -0.927. The van der Waals surface area contributed by atoms with E-state index in [0.29, 0.717) is 13.0 Å². The summed E-state index contributed by atoms with van der Waals surface area (Å²) in [7, 11) is 0. The molecule has 1 unspecified atom stereocenters. The molecule has 1 aromatic heterocycles. The Labute approximate surface area is 108 Å². The van der Waals surface area contributed by atoms with Gasteiger partial charge in [0.25, 0.3) is 0 Å². The van der Waals surface area contributed by atoms with Crippen molar-refractivity contribution in [1.29, 1.82) is 5.26 Å². The third kappa shape index (κ3) is 2.83. The minimum absolute atomic E-state index is 0.210. The average molecular weight is 301 g/mol. The van der Waals surface area contributed by atoms with E-state index >= 15 is 0 Å². The summed E-state index contributed by atoms with van der Waals surface area (Å²) < 4.78 is 0.993. The van der Waals surface area contributed by atoms with Gasteiger partial charge in [-0.3, -0.25) is 4.79 Å². The summed E-state index contributed by atoms with van der Waals surface area (Å²) in [4.78, 5) is 12.8. The van der Waals surface area contributed by atoms with Crippen molar-refractivity contribution in [3.63, 3.8) is 0 Å². The molecule has 0 aliphatic rings. The molecule has 0 fully saturated rings. The molecule has 0 spiro atoms. The maximum atomic E-state index is 11.8. The highest BCUT2D eigenvalue weighted by Gasteiger charge is 2.30. The van der Waals surface area contributed by atoms with Crippen LogP contribution in [0, 0.1) is 16.7 Å². The number of hydrogen-bond donors (Lipinski definition) is 1. The zero-order valence-corrected chi connectivity index (χ0v) is 11.6. The normalized spacial score (nSPS) is 13.9. The molecule has 1 aromatic rings. The van der Waals surface area contributed by atoms with E-state index in [0.717, 1.165) is 9.35 Å². The van der Waals surface area contributed by atoms with E-state index in [9.17, 15) is 4.79 Å². The van der Waals surface area contributed by atoms with Gasteiger partial charge in [0.1, 0.15) is 5.41 Å². The van der Waals surface area contributed by atoms with Gasteiger partial charge in [-0.05, 0) is 40.7 Å². The first-order valence-electron chi connectivity index (χ1n) is 4.95. The molecule has 0 aliphatic heterocycles. The predicted molar refractivity (Wildman–Crippen MR) is 67.9 cm³/mol. The van der Waals surface area contributed by atoms with Gasteiger partial charge in [0.05, 0.1) is 12.6 Å². The van der Waals surface area contributed by atoms with Crippen LogP contribution in [-0.2, 0) is 11.3 Å². The van der Waals surface area contributed by atoms with E-state index in [2.05, 4.69) is 27.3 Å². The van der Waals surface area contributed by atoms with Crippen molar-refractivity contribution in [2.24, 2.45) is 5.41 Å². The van der Waals surface area contributed by atoms with Crippen LogP contribution in [0.1, 0.15) is 25.1 Å². The summed E-state index contributed by atoms with van der Waals surface area (Å²) >= 11 is 4.97. The van der Waals surface area contributed by atoms with Crippen LogP contribution in [0.5, 0.6) is 0 Å². The number of carbonyl (C=O) groups is 1. The first-order chi connectivity index (χ1) is 7.53. The lowest BCUT2D eigenvalue weighted by molar-refractivity contribution is -0.127. The molecule has 5 heteroatoms. The van der Waals surface area contributed by atoms with Gasteiger partial charge in [0.15, 0.2) is 0 Å². The molecule has 1 atom stereocenters. The molecule has 0 radical (unpaired) electrons. The summed E-state index contributed by atoms with van der Waals surface area (Å²) in [5, 5.41) is 13.7. The molecule has 0 bridgehead atoms. The second-order valence-corrected chi connectivity index (χ2v) is 5.53. The van der Waals surface area contributed by atoms with Crippen molar-refractivity contribution in [2.75, 3.05) is 0 Å². The molecule has 0 saturated carbocycles. The summed E-state index contributed by atoms with van der Waals surface area (Å²) in [5.41, 5.74) is -0.927. The molecule has 1 N–H and O–H groups in total. The second kappa shape index (κ2) is 5.46. The van der Waals surface area contributed by atoms with E-state index in [-0.39, 0.29) is 5.91 Å². The standard InChI is InChI=1S/C11H13BrN2OS/c1-3-11(2,7-13)10(15)14-6-9-8(12)4-5-16-9/h4-5H,3,6H2,1-2H3,(H,14,15). The van der Waals surface area contributed by atoms with Crippen molar-refractivity contribution in [2.45, 2.75) is 26.8 Å². The monoisotopic (exact) mass is 300 g/mol. The number of nitrogens with one attached hydrogen (secondary N) is 1. The van der Waals surface area contributed by atoms with Crippen LogP contribution in [0.3, 0.4) is 0 Å². The van der Waals surface area contributed by atoms with Crippen molar-refractivity contribution >= 4 is 33.2 Å². The molecular formula is C11H13BrN2OS. The van der Waals surface area contributed by atoms with Gasteiger partial charge in [-0.25, -0.2) is 0 Å². The molecule has 16 heavy (non-hydrogen) atoms. The Bertz CT molecular complexity index is 424. The maximum absolute atomic E-state index is 11.8. The van der Waals surface area contributed by atoms with E-state index in [1.165, 1.54) is 0 Å². The lowest BCUT2D eigenvalue weighted by atomic mass is 9.88. The molecule has 0 saturated heterocycles. The Balaban J connectivity index is 2.61. The SMILES string of the molecule is CCC(C)(C#N)C(=O)NCc1sccc1Br. The van der Waals surface area contributed by atoms with Gasteiger partial charge in [-0.2, -0.15) is 5.26 Å². The number of rotatable bonds is 4. The fraction of sp³-hybridized carbons (Fsp3) is 0.455. The quantitative estimate of drug-likeness (QED) is 0.929. The largest absolute Gasteiger partial charge is 0.350 e. The first-order valence-corrected chi connectivity index (χ1v) is 6.62. The Morgan fingerprint density at radius 3 is 2.88 bits per heavy atom. The third-order valence-electron chi connectivity index (χ3n) is 2.56. The summed E-state index contributed by atoms with van der Waals surface area (Å²) in [6, 6.07) is 3.99. The van der Waals surface area contributed by atoms with Gasteiger partial charge in [-0.1, -0.05) is 6.92 Å². The van der Waals surface area contributed by atoms with Crippen molar-refractivity contribution in [3.05, 3.63) is 20.8 Å². The van der Waals surface area contributed by atoms with Gasteiger partial charge < -0.3 is 5.32 Å². The average Bonchev–Trinajstić information content (AvgIpc) is 2.70. The van der Waals surface area contributed by atoms with Crippen molar-refractivity contribution in [3.8, 4) is 6.07 Å². The summed E-state index contributed by atoms with van der Waals surface area (Å²) in [6.07, 6.45) is 0.515. The van der Waals surface area contributed by atoms with E-state index in [4.69, 9.17) is 5.26 Å². The lowest BCUT2D eigenvalue weighted by Crippen LogP contribution is -2.37. The highest BCUT2D eigenvalue weighted by Crippen LogP contribution is 2.24. The Morgan fingerprint density at radius 2 is 2.44 bits per heavy atom. The summed E-state index contributed by atoms with van der Waals surface area (Å²) in [5.74, 6) is -0.210. The Kier molecular flexibility index (Phi) is 4.51. The molecule has 0 aromatic carbocycles. The Hall–Kier alpha value is -0.860. The molecule has 0 aliphatic carbocycles. The zero-order valence-electron chi connectivity index (χ0n) is 9.21. The number of halogens is 1. The van der Waals surface area contributed by atoms with Gasteiger partial charge >= 0.3 is 0 Å². The van der Waals surface area contributed by atoms with Crippen LogP contribution in [-0.4, -0.2) is 5.91 Å². The lowest BCUT2D eigenvalue weighted by Gasteiger charge is -2.18. The fourth-order valence-electron chi connectivity index (χ4n) is 1.10. The van der Waals surface area contributed by atoms with Crippen LogP contribution in [0.25, 0.3) is 0 Å². The number of nitriles is 1. The molecule has 86 valence electrons. The van der Waals surface area contributed by atoms with Crippen LogP contribution < -0.4 is 5.32 Å². The van der Waals surface area contributed by atoms with Crippen LogP contribution in [0.2, 0.25) is 0 Å². The number of carbonyl (C=O) groups excluding carboxylic acids is 1. The molecule has 1 heterocycles. The zero-order chi connectivity index (χ0) is 12.2. The van der Waals surface area contributed by atoms with Gasteiger partial charge in [0, 0.05) is 9.35 Å². The van der Waals surface area contributed by atoms with Crippen LogP contribution >= 0.6 is 27.3 Å². The second-order valence-electron chi connectivity index (χ2n) is 3.67. The first kappa shape index (κ1) is 13.2. The third-order valence-corrected chi connectivity index (χ3v) is 4.48. The van der Waals surface area contributed by atoms with E-state index < -0.39 is 5.41 Å². The number of amides is 1. The minimum Gasteiger partial charge on any atom is -0.350 e.